The Bertz CT molecular complexity index is 562. The van der Waals surface area contributed by atoms with Gasteiger partial charge >= 0.3 is 0 Å². The first-order chi connectivity index (χ1) is 8.50. The molecule has 0 amide bonds. The number of aryl methyl sites for hydroxylation is 1. The predicted octanol–water partition coefficient (Wildman–Crippen LogP) is 3.62. The van der Waals surface area contributed by atoms with Gasteiger partial charge in [0.2, 0.25) is 0 Å². The van der Waals surface area contributed by atoms with Crippen LogP contribution in [0.5, 0.6) is 0 Å². The molecule has 2 aromatic rings. The molecule has 2 nitrogen and oxygen atoms in total. The van der Waals surface area contributed by atoms with E-state index in [1.54, 1.807) is 18.0 Å². The molecule has 18 heavy (non-hydrogen) atoms. The summed E-state index contributed by atoms with van der Waals surface area (Å²) in [5.74, 6) is -1.73. The van der Waals surface area contributed by atoms with Gasteiger partial charge in [0, 0.05) is 18.8 Å². The average Bonchev–Trinajstić information content (AvgIpc) is 2.32. The summed E-state index contributed by atoms with van der Waals surface area (Å²) in [6.45, 7) is 1.92. The molecule has 0 aliphatic carbocycles. The Morgan fingerprint density at radius 3 is 2.39 bits per heavy atom. The summed E-state index contributed by atoms with van der Waals surface area (Å²) < 4.78 is 26.1. The van der Waals surface area contributed by atoms with Gasteiger partial charge in [-0.1, -0.05) is 12.1 Å². The monoisotopic (exact) mass is 248 g/mol. The Morgan fingerprint density at radius 2 is 1.78 bits per heavy atom. The Kier molecular flexibility index (Phi) is 3.19. The van der Waals surface area contributed by atoms with Crippen molar-refractivity contribution in [3.63, 3.8) is 0 Å². The molecule has 94 valence electrons. The molecular weight excluding hydrogens is 234 g/mol. The van der Waals surface area contributed by atoms with E-state index in [-0.39, 0.29) is 0 Å². The van der Waals surface area contributed by atoms with Crippen LogP contribution in [0.25, 0.3) is 0 Å². The van der Waals surface area contributed by atoms with Crippen molar-refractivity contribution in [2.75, 3.05) is 17.7 Å². The third-order valence-electron chi connectivity index (χ3n) is 2.89. The van der Waals surface area contributed by atoms with Crippen molar-refractivity contribution in [1.82, 2.24) is 0 Å². The van der Waals surface area contributed by atoms with Gasteiger partial charge in [-0.3, -0.25) is 0 Å². The van der Waals surface area contributed by atoms with E-state index in [1.165, 1.54) is 6.07 Å². The van der Waals surface area contributed by atoms with E-state index in [1.807, 2.05) is 19.1 Å². The summed E-state index contributed by atoms with van der Waals surface area (Å²) >= 11 is 0. The van der Waals surface area contributed by atoms with Crippen LogP contribution in [0.15, 0.2) is 36.4 Å². The third kappa shape index (κ3) is 2.14. The van der Waals surface area contributed by atoms with Gasteiger partial charge in [-0.25, -0.2) is 8.78 Å². The minimum Gasteiger partial charge on any atom is -0.397 e. The van der Waals surface area contributed by atoms with E-state index in [0.717, 1.165) is 23.4 Å². The summed E-state index contributed by atoms with van der Waals surface area (Å²) in [6.07, 6.45) is 0. The highest BCUT2D eigenvalue weighted by Crippen LogP contribution is 2.32. The molecule has 0 saturated heterocycles. The van der Waals surface area contributed by atoms with E-state index in [9.17, 15) is 8.78 Å². The lowest BCUT2D eigenvalue weighted by molar-refractivity contribution is 0.509. The lowest BCUT2D eigenvalue weighted by Gasteiger charge is -2.23. The van der Waals surface area contributed by atoms with Crippen molar-refractivity contribution >= 4 is 17.1 Å². The van der Waals surface area contributed by atoms with Crippen molar-refractivity contribution in [3.05, 3.63) is 53.6 Å². The molecular formula is C14H14F2N2. The molecule has 0 unspecified atom stereocenters. The standard InChI is InChI=1S/C14H14F2N2/c1-9-4-3-5-13(17)14(9)18(2)10-6-7-11(15)12(16)8-10/h3-8H,17H2,1-2H3. The summed E-state index contributed by atoms with van der Waals surface area (Å²) in [7, 11) is 1.77. The van der Waals surface area contributed by atoms with Crippen LogP contribution in [0.2, 0.25) is 0 Å². The smallest absolute Gasteiger partial charge is 0.160 e. The molecule has 0 bridgehead atoms. The molecule has 0 atom stereocenters. The van der Waals surface area contributed by atoms with Crippen LogP contribution in [0.1, 0.15) is 5.56 Å². The second-order valence-corrected chi connectivity index (χ2v) is 4.17. The summed E-state index contributed by atoms with van der Waals surface area (Å²) in [6, 6.07) is 9.33. The number of hydrogen-bond donors (Lipinski definition) is 1. The number of hydrogen-bond acceptors (Lipinski definition) is 2. The molecule has 0 aliphatic heterocycles. The zero-order chi connectivity index (χ0) is 13.3. The number of nitrogens with zero attached hydrogens (tertiary/aromatic N) is 1. The molecule has 2 N–H and O–H groups in total. The van der Waals surface area contributed by atoms with E-state index in [4.69, 9.17) is 5.73 Å². The summed E-state index contributed by atoms with van der Waals surface area (Å²) in [5, 5.41) is 0. The molecule has 0 aliphatic rings. The maximum absolute atomic E-state index is 13.2. The highest BCUT2D eigenvalue weighted by Gasteiger charge is 2.12. The molecule has 0 spiro atoms. The minimum atomic E-state index is -0.869. The maximum atomic E-state index is 13.2. The van der Waals surface area contributed by atoms with Crippen LogP contribution in [0.3, 0.4) is 0 Å². The molecule has 0 aromatic heterocycles. The molecule has 2 rings (SSSR count). The zero-order valence-corrected chi connectivity index (χ0v) is 10.2. The normalized spacial score (nSPS) is 10.4. The molecule has 0 radical (unpaired) electrons. The summed E-state index contributed by atoms with van der Waals surface area (Å²) in [4.78, 5) is 1.74. The first-order valence-corrected chi connectivity index (χ1v) is 5.54. The van der Waals surface area contributed by atoms with E-state index < -0.39 is 11.6 Å². The first-order valence-electron chi connectivity index (χ1n) is 5.54. The van der Waals surface area contributed by atoms with Crippen LogP contribution in [-0.4, -0.2) is 7.05 Å². The fourth-order valence-corrected chi connectivity index (χ4v) is 1.96. The number of halogens is 2. The van der Waals surface area contributed by atoms with Crippen molar-refractivity contribution in [3.8, 4) is 0 Å². The number of benzene rings is 2. The second-order valence-electron chi connectivity index (χ2n) is 4.17. The van der Waals surface area contributed by atoms with Crippen molar-refractivity contribution in [1.29, 1.82) is 0 Å². The predicted molar refractivity (Wildman–Crippen MR) is 70.0 cm³/mol. The lowest BCUT2D eigenvalue weighted by atomic mass is 10.1. The van der Waals surface area contributed by atoms with Crippen molar-refractivity contribution in [2.24, 2.45) is 0 Å². The van der Waals surface area contributed by atoms with Gasteiger partial charge in [-0.2, -0.15) is 0 Å². The molecule has 2 aromatic carbocycles. The highest BCUT2D eigenvalue weighted by atomic mass is 19.2. The molecule has 0 fully saturated rings. The Hall–Kier alpha value is -2.10. The van der Waals surface area contributed by atoms with Crippen LogP contribution >= 0.6 is 0 Å². The number of anilines is 3. The largest absolute Gasteiger partial charge is 0.397 e. The second kappa shape index (κ2) is 4.64. The van der Waals surface area contributed by atoms with Crippen LogP contribution in [-0.2, 0) is 0 Å². The van der Waals surface area contributed by atoms with Crippen LogP contribution in [0.4, 0.5) is 25.8 Å². The van der Waals surface area contributed by atoms with Gasteiger partial charge < -0.3 is 10.6 Å². The number of para-hydroxylation sites is 1. The third-order valence-corrected chi connectivity index (χ3v) is 2.89. The van der Waals surface area contributed by atoms with Gasteiger partial charge in [0.1, 0.15) is 0 Å². The Morgan fingerprint density at radius 1 is 1.06 bits per heavy atom. The molecule has 4 heteroatoms. The van der Waals surface area contributed by atoms with Gasteiger partial charge in [-0.05, 0) is 30.7 Å². The average molecular weight is 248 g/mol. The SMILES string of the molecule is Cc1cccc(N)c1N(C)c1ccc(F)c(F)c1. The lowest BCUT2D eigenvalue weighted by Crippen LogP contribution is -2.13. The quantitative estimate of drug-likeness (QED) is 0.822. The first kappa shape index (κ1) is 12.4. The molecule has 0 heterocycles. The van der Waals surface area contributed by atoms with Gasteiger partial charge in [0.25, 0.3) is 0 Å². The number of nitrogen functional groups attached to an aromatic ring is 1. The highest BCUT2D eigenvalue weighted by molar-refractivity contribution is 5.77. The summed E-state index contributed by atoms with van der Waals surface area (Å²) in [5.41, 5.74) is 8.84. The fourth-order valence-electron chi connectivity index (χ4n) is 1.96. The number of nitrogens with two attached hydrogens (primary N) is 1. The van der Waals surface area contributed by atoms with E-state index in [2.05, 4.69) is 0 Å². The Labute approximate surface area is 105 Å². The maximum Gasteiger partial charge on any atom is 0.160 e. The van der Waals surface area contributed by atoms with Gasteiger partial charge in [0.15, 0.2) is 11.6 Å². The minimum absolute atomic E-state index is 0.551. The van der Waals surface area contributed by atoms with Crippen molar-refractivity contribution in [2.45, 2.75) is 6.92 Å². The number of rotatable bonds is 2. The van der Waals surface area contributed by atoms with Crippen LogP contribution < -0.4 is 10.6 Å². The molecule has 0 saturated carbocycles. The topological polar surface area (TPSA) is 29.3 Å². The van der Waals surface area contributed by atoms with Gasteiger partial charge in [0.05, 0.1) is 11.4 Å². The zero-order valence-electron chi connectivity index (χ0n) is 10.2. The van der Waals surface area contributed by atoms with E-state index >= 15 is 0 Å². The van der Waals surface area contributed by atoms with E-state index in [0.29, 0.717) is 11.4 Å². The van der Waals surface area contributed by atoms with Crippen molar-refractivity contribution < 1.29 is 8.78 Å². The van der Waals surface area contributed by atoms with Gasteiger partial charge in [-0.15, -0.1) is 0 Å². The van der Waals surface area contributed by atoms with Crippen LogP contribution in [0, 0.1) is 18.6 Å². The Balaban J connectivity index is 2.48. The fraction of sp³-hybridized carbons (Fsp3) is 0.143.